The van der Waals surface area contributed by atoms with Crippen LogP contribution >= 0.6 is 0 Å². The molecule has 106 valence electrons. The predicted octanol–water partition coefficient (Wildman–Crippen LogP) is -0.0501. The van der Waals surface area contributed by atoms with E-state index in [0.717, 1.165) is 5.56 Å². The lowest BCUT2D eigenvalue weighted by Gasteiger charge is -2.33. The fraction of sp³-hybridized carbons (Fsp3) is 0.429. The van der Waals surface area contributed by atoms with Crippen LogP contribution in [-0.4, -0.2) is 35.8 Å². The van der Waals surface area contributed by atoms with Crippen LogP contribution in [0.3, 0.4) is 0 Å². The average molecular weight is 276 g/mol. The molecule has 1 aromatic rings. The predicted molar refractivity (Wildman–Crippen MR) is 70.3 cm³/mol. The number of fused-ring (bicyclic) bond motifs is 1. The fourth-order valence-electron chi connectivity index (χ4n) is 2.78. The van der Waals surface area contributed by atoms with Gasteiger partial charge in [0.15, 0.2) is 5.60 Å². The van der Waals surface area contributed by atoms with Crippen LogP contribution in [0.2, 0.25) is 0 Å². The zero-order valence-corrected chi connectivity index (χ0v) is 10.9. The van der Waals surface area contributed by atoms with Gasteiger partial charge in [-0.15, -0.1) is 0 Å². The Balaban J connectivity index is 1.86. The number of ether oxygens (including phenoxy) is 1. The van der Waals surface area contributed by atoms with E-state index in [2.05, 4.69) is 10.6 Å². The van der Waals surface area contributed by atoms with Crippen molar-refractivity contribution < 1.29 is 19.4 Å². The highest BCUT2D eigenvalue weighted by molar-refractivity contribution is 5.94. The number of carbonyl (C=O) groups excluding carboxylic acids is 2. The molecule has 0 saturated carbocycles. The Kier molecular flexibility index (Phi) is 3.10. The van der Waals surface area contributed by atoms with Crippen LogP contribution in [0.4, 0.5) is 0 Å². The average Bonchev–Trinajstić information content (AvgIpc) is 2.79. The van der Waals surface area contributed by atoms with Crippen LogP contribution in [0, 0.1) is 0 Å². The second kappa shape index (κ2) is 4.79. The molecule has 1 saturated heterocycles. The quantitative estimate of drug-likeness (QED) is 0.661. The van der Waals surface area contributed by atoms with Gasteiger partial charge in [-0.25, -0.2) is 0 Å². The van der Waals surface area contributed by atoms with Gasteiger partial charge in [0, 0.05) is 24.9 Å². The number of aryl methyl sites for hydroxylation is 1. The van der Waals surface area contributed by atoms with Crippen molar-refractivity contribution in [3.63, 3.8) is 0 Å². The monoisotopic (exact) mass is 276 g/mol. The summed E-state index contributed by atoms with van der Waals surface area (Å²) < 4.78 is 5.89. The molecule has 0 aromatic heterocycles. The maximum atomic E-state index is 11.9. The van der Waals surface area contributed by atoms with Crippen LogP contribution in [0.5, 0.6) is 5.75 Å². The third-order valence-electron chi connectivity index (χ3n) is 3.89. The number of amides is 2. The normalized spacial score (nSPS) is 23.9. The van der Waals surface area contributed by atoms with Gasteiger partial charge in [0.25, 0.3) is 11.8 Å². The van der Waals surface area contributed by atoms with Crippen molar-refractivity contribution in [3.05, 3.63) is 29.3 Å². The van der Waals surface area contributed by atoms with E-state index >= 15 is 0 Å². The summed E-state index contributed by atoms with van der Waals surface area (Å²) in [5, 5.41) is 13.8. The molecule has 2 aliphatic rings. The Labute approximate surface area is 116 Å². The minimum atomic E-state index is -0.734. The molecule has 6 nitrogen and oxygen atoms in total. The van der Waals surface area contributed by atoms with Gasteiger partial charge in [0.1, 0.15) is 12.5 Å². The van der Waals surface area contributed by atoms with Crippen molar-refractivity contribution in [3.8, 4) is 5.75 Å². The smallest absolute Gasteiger partial charge is 0.264 e. The van der Waals surface area contributed by atoms with Gasteiger partial charge in [-0.1, -0.05) is 0 Å². The second-order valence-corrected chi connectivity index (χ2v) is 5.09. The molecule has 1 aromatic carbocycles. The third kappa shape index (κ3) is 2.02. The van der Waals surface area contributed by atoms with Crippen molar-refractivity contribution in [2.24, 2.45) is 0 Å². The number of benzene rings is 1. The van der Waals surface area contributed by atoms with E-state index in [4.69, 9.17) is 9.84 Å². The molecule has 3 rings (SSSR count). The Morgan fingerprint density at radius 2 is 2.30 bits per heavy atom. The number of nitrogens with one attached hydrogen (secondary N) is 2. The molecular formula is C14H16N2O4. The van der Waals surface area contributed by atoms with Crippen LogP contribution in [0.15, 0.2) is 18.2 Å². The van der Waals surface area contributed by atoms with Gasteiger partial charge in [0.05, 0.1) is 0 Å². The molecule has 0 aliphatic carbocycles. The summed E-state index contributed by atoms with van der Waals surface area (Å²) in [5.41, 5.74) is 0.663. The topological polar surface area (TPSA) is 87.7 Å². The Morgan fingerprint density at radius 3 is 3.00 bits per heavy atom. The molecule has 0 bridgehead atoms. The number of hydrogen-bond donors (Lipinski definition) is 3. The fourth-order valence-corrected chi connectivity index (χ4v) is 2.78. The highest BCUT2D eigenvalue weighted by Gasteiger charge is 2.46. The molecule has 1 spiro atoms. The molecule has 3 N–H and O–H groups in total. The van der Waals surface area contributed by atoms with E-state index in [-0.39, 0.29) is 11.8 Å². The summed E-state index contributed by atoms with van der Waals surface area (Å²) in [7, 11) is 0. The maximum absolute atomic E-state index is 11.9. The summed E-state index contributed by atoms with van der Waals surface area (Å²) in [4.78, 5) is 23.5. The van der Waals surface area contributed by atoms with Crippen molar-refractivity contribution in [1.82, 2.24) is 10.6 Å². The summed E-state index contributed by atoms with van der Waals surface area (Å²) >= 11 is 0. The van der Waals surface area contributed by atoms with E-state index in [1.807, 2.05) is 0 Å². The Hall–Kier alpha value is -2.08. The van der Waals surface area contributed by atoms with Crippen LogP contribution in [0.25, 0.3) is 0 Å². The molecular weight excluding hydrogens is 260 g/mol. The Bertz CT molecular complexity index is 572. The van der Waals surface area contributed by atoms with Gasteiger partial charge in [-0.05, 0) is 30.2 Å². The first-order valence-electron chi connectivity index (χ1n) is 6.64. The molecule has 2 heterocycles. The molecule has 2 amide bonds. The number of aliphatic hydroxyl groups is 1. The van der Waals surface area contributed by atoms with Gasteiger partial charge in [-0.3, -0.25) is 9.59 Å². The molecule has 20 heavy (non-hydrogen) atoms. The Morgan fingerprint density at radius 1 is 1.45 bits per heavy atom. The van der Waals surface area contributed by atoms with Crippen molar-refractivity contribution >= 4 is 11.8 Å². The molecule has 1 fully saturated rings. The standard InChI is InChI=1S/C14H16N2O4/c17-8-16-12(18)10-1-2-11-9(7-10)3-4-14(20-11)5-6-15-13(14)19/h1-2,7,17H,3-6,8H2,(H,15,19)(H,16,18). The van der Waals surface area contributed by atoms with Crippen LogP contribution in [-0.2, 0) is 11.2 Å². The summed E-state index contributed by atoms with van der Waals surface area (Å²) in [6, 6.07) is 5.10. The first-order valence-corrected chi connectivity index (χ1v) is 6.64. The number of carbonyl (C=O) groups is 2. The first kappa shape index (κ1) is 12.9. The molecule has 2 aliphatic heterocycles. The second-order valence-electron chi connectivity index (χ2n) is 5.09. The van der Waals surface area contributed by atoms with Crippen molar-refractivity contribution in [1.29, 1.82) is 0 Å². The lowest BCUT2D eigenvalue weighted by Crippen LogP contribution is -2.46. The van der Waals surface area contributed by atoms with E-state index in [1.165, 1.54) is 0 Å². The largest absolute Gasteiger partial charge is 0.477 e. The molecule has 0 radical (unpaired) electrons. The summed E-state index contributed by atoms with van der Waals surface area (Å²) in [6.45, 7) is 0.251. The van der Waals surface area contributed by atoms with Gasteiger partial charge < -0.3 is 20.5 Å². The summed E-state index contributed by atoms with van der Waals surface area (Å²) in [5.74, 6) is 0.285. The van der Waals surface area contributed by atoms with E-state index in [0.29, 0.717) is 37.1 Å². The highest BCUT2D eigenvalue weighted by Crippen LogP contribution is 2.37. The van der Waals surface area contributed by atoms with Gasteiger partial charge >= 0.3 is 0 Å². The molecule has 1 atom stereocenters. The van der Waals surface area contributed by atoms with E-state index in [1.54, 1.807) is 18.2 Å². The van der Waals surface area contributed by atoms with Crippen LogP contribution < -0.4 is 15.4 Å². The minimum Gasteiger partial charge on any atom is -0.477 e. The minimum absolute atomic E-state index is 0.0507. The van der Waals surface area contributed by atoms with Crippen LogP contribution in [0.1, 0.15) is 28.8 Å². The number of aliphatic hydroxyl groups excluding tert-OH is 1. The molecule has 6 heteroatoms. The lowest BCUT2D eigenvalue weighted by atomic mass is 9.89. The zero-order valence-electron chi connectivity index (χ0n) is 10.9. The lowest BCUT2D eigenvalue weighted by molar-refractivity contribution is -0.133. The first-order chi connectivity index (χ1) is 9.64. The number of rotatable bonds is 2. The third-order valence-corrected chi connectivity index (χ3v) is 3.89. The van der Waals surface area contributed by atoms with E-state index in [9.17, 15) is 9.59 Å². The molecule has 1 unspecified atom stereocenters. The van der Waals surface area contributed by atoms with E-state index < -0.39 is 12.3 Å². The summed E-state index contributed by atoms with van der Waals surface area (Å²) in [6.07, 6.45) is 2.00. The van der Waals surface area contributed by atoms with Gasteiger partial charge in [-0.2, -0.15) is 0 Å². The zero-order chi connectivity index (χ0) is 14.2. The van der Waals surface area contributed by atoms with Crippen molar-refractivity contribution in [2.75, 3.05) is 13.3 Å². The highest BCUT2D eigenvalue weighted by atomic mass is 16.5. The SMILES string of the molecule is O=C(NCO)c1ccc2c(c1)CCC1(CCNC1=O)O2. The maximum Gasteiger partial charge on any atom is 0.264 e. The van der Waals surface area contributed by atoms with Gasteiger partial charge in [0.2, 0.25) is 0 Å². The number of hydrogen-bond acceptors (Lipinski definition) is 4. The van der Waals surface area contributed by atoms with Crippen molar-refractivity contribution in [2.45, 2.75) is 24.9 Å².